The van der Waals surface area contributed by atoms with Gasteiger partial charge >= 0.3 is 5.97 Å². The van der Waals surface area contributed by atoms with E-state index in [0.717, 1.165) is 16.2 Å². The van der Waals surface area contributed by atoms with Crippen molar-refractivity contribution in [2.45, 2.75) is 29.8 Å². The Morgan fingerprint density at radius 2 is 2.12 bits per heavy atom. The van der Waals surface area contributed by atoms with E-state index in [0.29, 0.717) is 28.5 Å². The van der Waals surface area contributed by atoms with Gasteiger partial charge in [0.1, 0.15) is 27.6 Å². The zero-order valence-electron chi connectivity index (χ0n) is 16.6. The normalized spacial score (nSPS) is 20.3. The van der Waals surface area contributed by atoms with Gasteiger partial charge in [-0.25, -0.2) is 14.8 Å². The summed E-state index contributed by atoms with van der Waals surface area (Å²) in [5.74, 6) is -2.41. The number of aromatic nitrogens is 2. The number of β-lactam (4-membered cyclic amide) rings is 1. The number of pyridine rings is 1. The van der Waals surface area contributed by atoms with Crippen molar-refractivity contribution in [3.05, 3.63) is 39.0 Å². The van der Waals surface area contributed by atoms with Crippen LogP contribution in [-0.4, -0.2) is 60.8 Å². The van der Waals surface area contributed by atoms with Gasteiger partial charge in [0, 0.05) is 16.0 Å². The van der Waals surface area contributed by atoms with Crippen LogP contribution < -0.4 is 16.8 Å². The molecule has 2 aromatic heterocycles. The molecule has 1 fully saturated rings. The Morgan fingerprint density at radius 3 is 2.70 bits per heavy atom. The van der Waals surface area contributed by atoms with Gasteiger partial charge in [-0.15, -0.1) is 0 Å². The van der Waals surface area contributed by atoms with E-state index in [1.807, 2.05) is 0 Å². The molecular weight excluding hydrogens is 494 g/mol. The summed E-state index contributed by atoms with van der Waals surface area (Å²) in [6.07, 6.45) is 2.30. The number of nitrogens with one attached hydrogen (secondary N) is 1. The summed E-state index contributed by atoms with van der Waals surface area (Å²) in [5.41, 5.74) is 10.4. The Balaban J connectivity index is 1.53. The van der Waals surface area contributed by atoms with Gasteiger partial charge in [-0.05, 0) is 25.0 Å². The Kier molecular flexibility index (Phi) is 6.14. The number of rotatable bonds is 6. The van der Waals surface area contributed by atoms with E-state index in [-0.39, 0.29) is 20.9 Å². The fraction of sp³-hybridized carbons (Fsp3) is 0.222. The second-order valence-electron chi connectivity index (χ2n) is 6.99. The monoisotopic (exact) mass is 509 g/mol. The van der Waals surface area contributed by atoms with Gasteiger partial charge in [-0.1, -0.05) is 39.9 Å². The van der Waals surface area contributed by atoms with E-state index in [2.05, 4.69) is 20.4 Å². The highest BCUT2D eigenvalue weighted by molar-refractivity contribution is 8.03. The summed E-state index contributed by atoms with van der Waals surface area (Å²) in [6, 6.07) is 1.73. The van der Waals surface area contributed by atoms with Gasteiger partial charge in [-0.2, -0.15) is 0 Å². The van der Waals surface area contributed by atoms with Crippen molar-refractivity contribution in [3.63, 3.8) is 0 Å². The highest BCUT2D eigenvalue weighted by Gasteiger charge is 2.53. The van der Waals surface area contributed by atoms with Crippen LogP contribution in [0, 0.1) is 0 Å². The maximum atomic E-state index is 12.8. The summed E-state index contributed by atoms with van der Waals surface area (Å²) in [4.78, 5) is 47.6. The lowest BCUT2D eigenvalue weighted by molar-refractivity contribution is -0.155. The number of carbonyl (C=O) groups is 3. The molecule has 2 aliphatic heterocycles. The molecule has 2 atom stereocenters. The van der Waals surface area contributed by atoms with Gasteiger partial charge in [0.2, 0.25) is 0 Å². The second kappa shape index (κ2) is 8.88. The van der Waals surface area contributed by atoms with Crippen LogP contribution in [0.2, 0.25) is 4.34 Å². The molecule has 0 radical (unpaired) electrons. The third-order valence-electron chi connectivity index (χ3n) is 5.02. The van der Waals surface area contributed by atoms with Gasteiger partial charge in [0.05, 0.1) is 6.04 Å². The fourth-order valence-corrected chi connectivity index (χ4v) is 5.55. The Labute approximate surface area is 199 Å². The van der Waals surface area contributed by atoms with E-state index in [9.17, 15) is 24.7 Å². The first kappa shape index (κ1) is 22.8. The van der Waals surface area contributed by atoms with Crippen molar-refractivity contribution >= 4 is 69.1 Å². The fourth-order valence-electron chi connectivity index (χ4n) is 3.60. The molecule has 172 valence electrons. The summed E-state index contributed by atoms with van der Waals surface area (Å²) in [5, 5.41) is 24.6. The molecule has 15 heteroatoms. The third-order valence-corrected chi connectivity index (χ3v) is 7.23. The number of carboxylic acids is 1. The standard InChI is InChI=1S/C18H16ClN7O5S2/c19-14-11(24-18(21)33-14)12(25-31)15(27)23-10-7-2-3-8(13(17(29)30)26(7)16(10)28)32-6-1-4-9(20)22-5-6/h1,4-5,7,10,31H,2-3H2,(H2,20,22)(H2,21,24)(H,23,27)(H,29,30)/b25-12-/t7-,10+/m1/s1. The summed E-state index contributed by atoms with van der Waals surface area (Å²) < 4.78 is 0.0459. The Hall–Kier alpha value is -3.36. The topological polar surface area (TPSA) is 197 Å². The zero-order chi connectivity index (χ0) is 23.9. The average molecular weight is 510 g/mol. The van der Waals surface area contributed by atoms with Gasteiger partial charge in [-0.3, -0.25) is 14.5 Å². The van der Waals surface area contributed by atoms with Crippen LogP contribution in [0.25, 0.3) is 0 Å². The number of nitrogen functional groups attached to an aromatic ring is 2. The molecule has 2 amide bonds. The molecule has 1 saturated heterocycles. The molecule has 0 bridgehead atoms. The van der Waals surface area contributed by atoms with E-state index >= 15 is 0 Å². The molecule has 33 heavy (non-hydrogen) atoms. The minimum absolute atomic E-state index is 0.0459. The first-order chi connectivity index (χ1) is 15.7. The van der Waals surface area contributed by atoms with Crippen molar-refractivity contribution in [2.75, 3.05) is 11.5 Å². The predicted molar refractivity (Wildman–Crippen MR) is 121 cm³/mol. The number of aliphatic carboxylic acids is 1. The molecule has 4 heterocycles. The number of carboxylic acid groups (broad SMARTS) is 1. The molecule has 0 spiro atoms. The highest BCUT2D eigenvalue weighted by Crippen LogP contribution is 2.43. The summed E-state index contributed by atoms with van der Waals surface area (Å²) in [6.45, 7) is 0. The highest BCUT2D eigenvalue weighted by atomic mass is 35.5. The van der Waals surface area contributed by atoms with Crippen molar-refractivity contribution < 1.29 is 24.7 Å². The number of hydrogen-bond donors (Lipinski definition) is 5. The van der Waals surface area contributed by atoms with Gasteiger partial charge < -0.3 is 27.1 Å². The molecule has 0 unspecified atom stereocenters. The molecule has 7 N–H and O–H groups in total. The van der Waals surface area contributed by atoms with E-state index in [1.54, 1.807) is 12.1 Å². The number of nitrogens with two attached hydrogens (primary N) is 2. The van der Waals surface area contributed by atoms with E-state index < -0.39 is 35.6 Å². The van der Waals surface area contributed by atoms with Crippen LogP contribution in [-0.2, 0) is 14.4 Å². The SMILES string of the molecule is Nc1ccc(SC2=C(C(=O)O)N3C(=O)[C@@H](NC(=O)/C(=N\O)c4nc(N)sc4Cl)[C@H]3CC2)cn1. The predicted octanol–water partition coefficient (Wildman–Crippen LogP) is 1.11. The lowest BCUT2D eigenvalue weighted by Gasteiger charge is -2.50. The van der Waals surface area contributed by atoms with Crippen molar-refractivity contribution in [3.8, 4) is 0 Å². The largest absolute Gasteiger partial charge is 0.477 e. The Bertz CT molecular complexity index is 1210. The van der Waals surface area contributed by atoms with Crippen LogP contribution in [0.1, 0.15) is 18.5 Å². The molecule has 0 saturated carbocycles. The number of carbonyl (C=O) groups excluding carboxylic acids is 2. The number of hydrogen-bond acceptors (Lipinski definition) is 11. The maximum Gasteiger partial charge on any atom is 0.353 e. The Morgan fingerprint density at radius 1 is 1.36 bits per heavy atom. The van der Waals surface area contributed by atoms with Crippen LogP contribution in [0.4, 0.5) is 10.9 Å². The second-order valence-corrected chi connectivity index (χ2v) is 9.79. The summed E-state index contributed by atoms with van der Waals surface area (Å²) in [7, 11) is 0. The number of allylic oxidation sites excluding steroid dienone is 1. The van der Waals surface area contributed by atoms with Gasteiger partial charge in [0.25, 0.3) is 11.8 Å². The smallest absolute Gasteiger partial charge is 0.353 e. The molecule has 2 aromatic rings. The molecule has 4 rings (SSSR count). The third kappa shape index (κ3) is 4.19. The van der Waals surface area contributed by atoms with E-state index in [1.165, 1.54) is 18.0 Å². The molecule has 2 aliphatic rings. The number of fused-ring (bicyclic) bond motifs is 1. The number of oxime groups is 1. The van der Waals surface area contributed by atoms with Gasteiger partial charge in [0.15, 0.2) is 10.8 Å². The van der Waals surface area contributed by atoms with E-state index in [4.69, 9.17) is 23.1 Å². The number of halogens is 1. The van der Waals surface area contributed by atoms with Crippen molar-refractivity contribution in [1.82, 2.24) is 20.2 Å². The van der Waals surface area contributed by atoms with Crippen LogP contribution in [0.3, 0.4) is 0 Å². The lowest BCUT2D eigenvalue weighted by Crippen LogP contribution is -2.72. The molecule has 0 aliphatic carbocycles. The summed E-state index contributed by atoms with van der Waals surface area (Å²) >= 11 is 8.06. The number of amides is 2. The first-order valence-corrected chi connectivity index (χ1v) is 11.4. The number of nitrogens with zero attached hydrogens (tertiary/aromatic N) is 4. The number of thiazole rings is 1. The minimum Gasteiger partial charge on any atom is -0.477 e. The van der Waals surface area contributed by atoms with Crippen molar-refractivity contribution in [1.29, 1.82) is 0 Å². The number of anilines is 2. The zero-order valence-corrected chi connectivity index (χ0v) is 18.9. The molecular formula is C18H16ClN7O5S2. The van der Waals surface area contributed by atoms with Crippen LogP contribution >= 0.6 is 34.7 Å². The number of thioether (sulfide) groups is 1. The average Bonchev–Trinajstić information content (AvgIpc) is 3.11. The van der Waals surface area contributed by atoms with Crippen LogP contribution in [0.5, 0.6) is 0 Å². The molecule has 12 nitrogen and oxygen atoms in total. The maximum absolute atomic E-state index is 12.8. The lowest BCUT2D eigenvalue weighted by atomic mass is 9.86. The van der Waals surface area contributed by atoms with Crippen molar-refractivity contribution in [2.24, 2.45) is 5.16 Å². The first-order valence-electron chi connectivity index (χ1n) is 9.35. The quantitative estimate of drug-likeness (QED) is 0.163. The van der Waals surface area contributed by atoms with Crippen LogP contribution in [0.15, 0.2) is 39.0 Å². The minimum atomic E-state index is -1.26. The molecule has 0 aromatic carbocycles.